The molecule has 130 valence electrons. The standard InChI is InChI=1S/C18H19ClN4OS/c1-2-24-17-6-4-3-5-15(17)11-21-23-13-20-22-18(23)25-12-14-7-9-16(19)10-8-14/h3-10,13,21H,2,11-12H2,1H3. The molecule has 25 heavy (non-hydrogen) atoms. The van der Waals surface area contributed by atoms with Gasteiger partial charge in [-0.25, -0.2) is 4.68 Å². The minimum Gasteiger partial charge on any atom is -0.494 e. The first-order chi connectivity index (χ1) is 12.3. The average Bonchev–Trinajstić information content (AvgIpc) is 3.08. The van der Waals surface area contributed by atoms with E-state index < -0.39 is 0 Å². The van der Waals surface area contributed by atoms with Gasteiger partial charge in [-0.05, 0) is 30.7 Å². The van der Waals surface area contributed by atoms with Crippen LogP contribution in [0.2, 0.25) is 5.02 Å². The summed E-state index contributed by atoms with van der Waals surface area (Å²) in [5.41, 5.74) is 5.60. The number of benzene rings is 2. The van der Waals surface area contributed by atoms with E-state index in [1.54, 1.807) is 18.1 Å². The summed E-state index contributed by atoms with van der Waals surface area (Å²) in [7, 11) is 0. The van der Waals surface area contributed by atoms with Crippen molar-refractivity contribution >= 4 is 23.4 Å². The van der Waals surface area contributed by atoms with Crippen LogP contribution in [-0.4, -0.2) is 21.5 Å². The van der Waals surface area contributed by atoms with Crippen LogP contribution < -0.4 is 10.2 Å². The summed E-state index contributed by atoms with van der Waals surface area (Å²) in [6.07, 6.45) is 1.67. The van der Waals surface area contributed by atoms with E-state index in [1.807, 2.05) is 60.1 Å². The van der Waals surface area contributed by atoms with Crippen molar-refractivity contribution in [3.8, 4) is 5.75 Å². The first-order valence-electron chi connectivity index (χ1n) is 7.98. The molecule has 0 aliphatic heterocycles. The second kappa shape index (κ2) is 8.78. The second-order valence-corrected chi connectivity index (χ2v) is 6.65. The SMILES string of the molecule is CCOc1ccccc1CNn1cnnc1SCc1ccc(Cl)cc1. The molecule has 0 spiro atoms. The third-order valence-corrected chi connectivity index (χ3v) is 4.78. The molecule has 1 heterocycles. The Morgan fingerprint density at radius 1 is 1.16 bits per heavy atom. The second-order valence-electron chi connectivity index (χ2n) is 5.27. The van der Waals surface area contributed by atoms with Gasteiger partial charge >= 0.3 is 0 Å². The Balaban J connectivity index is 1.61. The number of halogens is 1. The molecule has 7 heteroatoms. The van der Waals surface area contributed by atoms with E-state index in [4.69, 9.17) is 16.3 Å². The van der Waals surface area contributed by atoms with E-state index in [0.29, 0.717) is 13.2 Å². The molecule has 0 fully saturated rings. The van der Waals surface area contributed by atoms with Crippen LogP contribution >= 0.6 is 23.4 Å². The van der Waals surface area contributed by atoms with Gasteiger partial charge in [-0.1, -0.05) is 53.7 Å². The van der Waals surface area contributed by atoms with Gasteiger partial charge in [0.05, 0.1) is 13.2 Å². The zero-order valence-electron chi connectivity index (χ0n) is 13.9. The van der Waals surface area contributed by atoms with Gasteiger partial charge in [-0.2, -0.15) is 0 Å². The van der Waals surface area contributed by atoms with Crippen LogP contribution in [0.3, 0.4) is 0 Å². The van der Waals surface area contributed by atoms with Crippen molar-refractivity contribution in [1.82, 2.24) is 14.9 Å². The van der Waals surface area contributed by atoms with Crippen LogP contribution in [0.25, 0.3) is 0 Å². The number of aromatic nitrogens is 3. The molecule has 0 aliphatic rings. The number of nitrogens with zero attached hydrogens (tertiary/aromatic N) is 3. The van der Waals surface area contributed by atoms with Gasteiger partial charge in [-0.15, -0.1) is 10.2 Å². The Hall–Kier alpha value is -2.18. The van der Waals surface area contributed by atoms with Gasteiger partial charge in [0.25, 0.3) is 0 Å². The Kier molecular flexibility index (Phi) is 6.19. The summed E-state index contributed by atoms with van der Waals surface area (Å²) in [6, 6.07) is 15.8. The molecule has 0 saturated heterocycles. The zero-order valence-corrected chi connectivity index (χ0v) is 15.4. The van der Waals surface area contributed by atoms with E-state index in [1.165, 1.54) is 5.56 Å². The number of rotatable bonds is 8. The molecule has 0 atom stereocenters. The molecule has 0 aliphatic carbocycles. The van der Waals surface area contributed by atoms with Crippen molar-refractivity contribution in [2.45, 2.75) is 24.4 Å². The van der Waals surface area contributed by atoms with Crippen LogP contribution in [-0.2, 0) is 12.3 Å². The van der Waals surface area contributed by atoms with Crippen molar-refractivity contribution in [3.05, 3.63) is 71.0 Å². The lowest BCUT2D eigenvalue weighted by molar-refractivity contribution is 0.336. The average molecular weight is 375 g/mol. The molecule has 3 rings (SSSR count). The molecule has 0 bridgehead atoms. The maximum Gasteiger partial charge on any atom is 0.210 e. The quantitative estimate of drug-likeness (QED) is 0.593. The van der Waals surface area contributed by atoms with E-state index in [2.05, 4.69) is 15.6 Å². The topological polar surface area (TPSA) is 52.0 Å². The summed E-state index contributed by atoms with van der Waals surface area (Å²) in [5.74, 6) is 1.69. The fourth-order valence-corrected chi connectivity index (χ4v) is 3.25. The first kappa shape index (κ1) is 17.6. The van der Waals surface area contributed by atoms with E-state index in [-0.39, 0.29) is 0 Å². The highest BCUT2D eigenvalue weighted by atomic mass is 35.5. The van der Waals surface area contributed by atoms with Crippen molar-refractivity contribution in [2.75, 3.05) is 12.0 Å². The zero-order chi connectivity index (χ0) is 17.5. The normalized spacial score (nSPS) is 10.6. The van der Waals surface area contributed by atoms with E-state index in [0.717, 1.165) is 27.2 Å². The highest BCUT2D eigenvalue weighted by Gasteiger charge is 2.07. The molecular formula is C18H19ClN4OS. The summed E-state index contributed by atoms with van der Waals surface area (Å²) in [6.45, 7) is 3.25. The monoisotopic (exact) mass is 374 g/mol. The molecule has 1 N–H and O–H groups in total. The van der Waals surface area contributed by atoms with Gasteiger partial charge in [0.2, 0.25) is 5.16 Å². The molecule has 0 unspecified atom stereocenters. The Labute approximate surface area is 156 Å². The first-order valence-corrected chi connectivity index (χ1v) is 9.34. The van der Waals surface area contributed by atoms with Crippen LogP contribution in [0.15, 0.2) is 60.0 Å². The molecule has 0 saturated carbocycles. The minimum atomic E-state index is 0.628. The fourth-order valence-electron chi connectivity index (χ4n) is 2.28. The maximum absolute atomic E-state index is 5.92. The van der Waals surface area contributed by atoms with Gasteiger partial charge in [0.1, 0.15) is 12.1 Å². The van der Waals surface area contributed by atoms with Gasteiger partial charge in [0.15, 0.2) is 0 Å². The molecule has 2 aromatic carbocycles. The van der Waals surface area contributed by atoms with Crippen LogP contribution in [0.1, 0.15) is 18.1 Å². The van der Waals surface area contributed by atoms with Crippen molar-refractivity contribution in [2.24, 2.45) is 0 Å². The lowest BCUT2D eigenvalue weighted by atomic mass is 10.2. The number of hydrogen-bond donors (Lipinski definition) is 1. The minimum absolute atomic E-state index is 0.628. The molecule has 3 aromatic rings. The lowest BCUT2D eigenvalue weighted by Gasteiger charge is -2.13. The number of para-hydroxylation sites is 1. The van der Waals surface area contributed by atoms with Crippen molar-refractivity contribution in [1.29, 1.82) is 0 Å². The highest BCUT2D eigenvalue weighted by molar-refractivity contribution is 7.98. The summed E-state index contributed by atoms with van der Waals surface area (Å²) >= 11 is 7.53. The maximum atomic E-state index is 5.92. The molecular weight excluding hydrogens is 356 g/mol. The third-order valence-electron chi connectivity index (χ3n) is 3.51. The van der Waals surface area contributed by atoms with Crippen molar-refractivity contribution < 1.29 is 4.74 Å². The molecule has 5 nitrogen and oxygen atoms in total. The predicted molar refractivity (Wildman–Crippen MR) is 102 cm³/mol. The van der Waals surface area contributed by atoms with Crippen molar-refractivity contribution in [3.63, 3.8) is 0 Å². The Morgan fingerprint density at radius 2 is 1.96 bits per heavy atom. The molecule has 0 radical (unpaired) electrons. The number of hydrogen-bond acceptors (Lipinski definition) is 5. The number of thioether (sulfide) groups is 1. The largest absolute Gasteiger partial charge is 0.494 e. The smallest absolute Gasteiger partial charge is 0.210 e. The lowest BCUT2D eigenvalue weighted by Crippen LogP contribution is -2.15. The predicted octanol–water partition coefficient (Wildman–Crippen LogP) is 4.37. The summed E-state index contributed by atoms with van der Waals surface area (Å²) in [5, 5.41) is 9.72. The van der Waals surface area contributed by atoms with Gasteiger partial charge < -0.3 is 10.2 Å². The van der Waals surface area contributed by atoms with E-state index in [9.17, 15) is 0 Å². The Bertz CT molecular complexity index is 807. The molecule has 0 amide bonds. The third kappa shape index (κ3) is 4.90. The number of nitrogens with one attached hydrogen (secondary N) is 1. The summed E-state index contributed by atoms with van der Waals surface area (Å²) in [4.78, 5) is 0. The summed E-state index contributed by atoms with van der Waals surface area (Å²) < 4.78 is 7.49. The van der Waals surface area contributed by atoms with Gasteiger partial charge in [0, 0.05) is 16.3 Å². The Morgan fingerprint density at radius 3 is 2.76 bits per heavy atom. The van der Waals surface area contributed by atoms with Crippen LogP contribution in [0, 0.1) is 0 Å². The molecule has 1 aromatic heterocycles. The van der Waals surface area contributed by atoms with Crippen LogP contribution in [0.5, 0.6) is 5.75 Å². The van der Waals surface area contributed by atoms with Crippen LogP contribution in [0.4, 0.5) is 0 Å². The number of ether oxygens (including phenoxy) is 1. The fraction of sp³-hybridized carbons (Fsp3) is 0.222. The van der Waals surface area contributed by atoms with E-state index >= 15 is 0 Å². The van der Waals surface area contributed by atoms with Gasteiger partial charge in [-0.3, -0.25) is 0 Å². The highest BCUT2D eigenvalue weighted by Crippen LogP contribution is 2.22.